The Bertz CT molecular complexity index is 603. The normalized spacial score (nSPS) is 30.4. The second-order valence-corrected chi connectivity index (χ2v) is 6.02. The highest BCUT2D eigenvalue weighted by Crippen LogP contribution is 2.43. The number of carboxylic acids is 1. The van der Waals surface area contributed by atoms with E-state index in [2.05, 4.69) is 5.32 Å². The highest BCUT2D eigenvalue weighted by atomic mass is 35.5. The lowest BCUT2D eigenvalue weighted by Crippen LogP contribution is -2.46. The Labute approximate surface area is 127 Å². The maximum absolute atomic E-state index is 12.4. The SMILES string of the molecule is Cc1ccc(NC(=O)[C@H]2[C@@H](C(=O)[O-])[C@@H]3CC[C@H]2O3)cc1Cl. The van der Waals surface area contributed by atoms with Gasteiger partial charge in [0.15, 0.2) is 0 Å². The summed E-state index contributed by atoms with van der Waals surface area (Å²) in [6, 6.07) is 5.18. The zero-order valence-corrected chi connectivity index (χ0v) is 12.2. The molecule has 2 heterocycles. The molecule has 2 saturated heterocycles. The molecule has 1 aromatic carbocycles. The highest BCUT2D eigenvalue weighted by molar-refractivity contribution is 6.31. The third-order valence-corrected chi connectivity index (χ3v) is 4.69. The van der Waals surface area contributed by atoms with Crippen molar-refractivity contribution in [2.75, 3.05) is 5.32 Å². The molecular weight excluding hydrogens is 294 g/mol. The first kappa shape index (κ1) is 14.4. The van der Waals surface area contributed by atoms with Crippen LogP contribution in [-0.2, 0) is 14.3 Å². The monoisotopic (exact) mass is 308 g/mol. The Morgan fingerprint density at radius 1 is 1.29 bits per heavy atom. The Balaban J connectivity index is 1.78. The summed E-state index contributed by atoms with van der Waals surface area (Å²) in [5, 5.41) is 14.5. The summed E-state index contributed by atoms with van der Waals surface area (Å²) < 4.78 is 5.55. The molecule has 0 spiro atoms. The number of aliphatic carboxylic acids is 1. The fraction of sp³-hybridized carbons (Fsp3) is 0.467. The van der Waals surface area contributed by atoms with Gasteiger partial charge in [-0.05, 0) is 37.5 Å². The summed E-state index contributed by atoms with van der Waals surface area (Å²) in [5.74, 6) is -3.14. The molecule has 0 unspecified atom stereocenters. The van der Waals surface area contributed by atoms with E-state index in [1.54, 1.807) is 18.2 Å². The molecule has 0 aliphatic carbocycles. The summed E-state index contributed by atoms with van der Waals surface area (Å²) in [5.41, 5.74) is 1.46. The molecule has 21 heavy (non-hydrogen) atoms. The summed E-state index contributed by atoms with van der Waals surface area (Å²) in [7, 11) is 0. The van der Waals surface area contributed by atoms with Crippen LogP contribution in [0, 0.1) is 18.8 Å². The average molecular weight is 309 g/mol. The van der Waals surface area contributed by atoms with Gasteiger partial charge in [-0.25, -0.2) is 0 Å². The molecule has 2 fully saturated rings. The molecule has 2 aliphatic rings. The van der Waals surface area contributed by atoms with Crippen LogP contribution in [0.25, 0.3) is 0 Å². The number of fused-ring (bicyclic) bond motifs is 2. The molecule has 2 aliphatic heterocycles. The van der Waals surface area contributed by atoms with Gasteiger partial charge in [-0.15, -0.1) is 0 Å². The topological polar surface area (TPSA) is 78.5 Å². The van der Waals surface area contributed by atoms with Crippen molar-refractivity contribution in [2.24, 2.45) is 11.8 Å². The number of hydrogen-bond donors (Lipinski definition) is 1. The smallest absolute Gasteiger partial charge is 0.230 e. The molecule has 1 amide bonds. The Hall–Kier alpha value is -1.59. The lowest BCUT2D eigenvalue weighted by atomic mass is 9.78. The van der Waals surface area contributed by atoms with Gasteiger partial charge in [-0.2, -0.15) is 0 Å². The van der Waals surface area contributed by atoms with Gasteiger partial charge in [-0.1, -0.05) is 17.7 Å². The van der Waals surface area contributed by atoms with Gasteiger partial charge in [0.25, 0.3) is 0 Å². The van der Waals surface area contributed by atoms with Crippen molar-refractivity contribution in [3.63, 3.8) is 0 Å². The zero-order valence-electron chi connectivity index (χ0n) is 11.5. The molecule has 0 saturated carbocycles. The third-order valence-electron chi connectivity index (χ3n) is 4.29. The minimum Gasteiger partial charge on any atom is -0.550 e. The summed E-state index contributed by atoms with van der Waals surface area (Å²) in [4.78, 5) is 23.7. The third kappa shape index (κ3) is 2.51. The van der Waals surface area contributed by atoms with E-state index < -0.39 is 23.9 Å². The van der Waals surface area contributed by atoms with E-state index in [-0.39, 0.29) is 12.0 Å². The van der Waals surface area contributed by atoms with Gasteiger partial charge < -0.3 is 20.0 Å². The molecule has 1 N–H and O–H groups in total. The fourth-order valence-corrected chi connectivity index (χ4v) is 3.39. The lowest BCUT2D eigenvalue weighted by molar-refractivity contribution is -0.313. The maximum atomic E-state index is 12.4. The van der Waals surface area contributed by atoms with Crippen molar-refractivity contribution in [2.45, 2.75) is 32.0 Å². The number of rotatable bonds is 3. The average Bonchev–Trinajstić information content (AvgIpc) is 3.03. The number of benzene rings is 1. The van der Waals surface area contributed by atoms with E-state index >= 15 is 0 Å². The Kier molecular flexibility index (Phi) is 3.63. The first-order valence-corrected chi connectivity index (χ1v) is 7.28. The number of hydrogen-bond acceptors (Lipinski definition) is 4. The zero-order chi connectivity index (χ0) is 15.1. The number of carbonyl (C=O) groups excluding carboxylic acids is 2. The molecule has 0 radical (unpaired) electrons. The standard InChI is InChI=1S/C15H16ClNO4/c1-7-2-3-8(6-9(7)16)17-14(18)12-10-4-5-11(21-10)13(12)15(19)20/h2-3,6,10-13H,4-5H2,1H3,(H,17,18)(H,19,20)/p-1/t10-,11+,12-,13+/m1/s1. The molecule has 3 rings (SSSR count). The molecule has 0 aromatic heterocycles. The molecule has 5 nitrogen and oxygen atoms in total. The molecular formula is C15H15ClNO4-. The van der Waals surface area contributed by atoms with Crippen molar-refractivity contribution in [1.82, 2.24) is 0 Å². The van der Waals surface area contributed by atoms with Gasteiger partial charge >= 0.3 is 0 Å². The molecule has 6 heteroatoms. The maximum Gasteiger partial charge on any atom is 0.230 e. The fourth-order valence-electron chi connectivity index (χ4n) is 3.21. The number of carbonyl (C=O) groups is 2. The first-order valence-electron chi connectivity index (χ1n) is 6.90. The second kappa shape index (κ2) is 5.31. The number of amides is 1. The largest absolute Gasteiger partial charge is 0.550 e. The van der Waals surface area contributed by atoms with E-state index in [1.807, 2.05) is 6.92 Å². The molecule has 2 bridgehead atoms. The van der Waals surface area contributed by atoms with Crippen LogP contribution in [0.15, 0.2) is 18.2 Å². The number of aryl methyl sites for hydroxylation is 1. The van der Waals surface area contributed by atoms with E-state index in [1.165, 1.54) is 0 Å². The minimum atomic E-state index is -1.22. The van der Waals surface area contributed by atoms with E-state index in [4.69, 9.17) is 16.3 Å². The quantitative estimate of drug-likeness (QED) is 0.908. The van der Waals surface area contributed by atoms with Crippen LogP contribution in [0.1, 0.15) is 18.4 Å². The predicted octanol–water partition coefficient (Wildman–Crippen LogP) is 1.13. The van der Waals surface area contributed by atoms with Crippen LogP contribution in [-0.4, -0.2) is 24.1 Å². The summed E-state index contributed by atoms with van der Waals surface area (Å²) >= 11 is 6.02. The van der Waals surface area contributed by atoms with Gasteiger partial charge in [0.05, 0.1) is 18.1 Å². The van der Waals surface area contributed by atoms with E-state index in [0.29, 0.717) is 23.6 Å². The van der Waals surface area contributed by atoms with Gasteiger partial charge in [0.2, 0.25) is 5.91 Å². The van der Waals surface area contributed by atoms with Crippen LogP contribution in [0.3, 0.4) is 0 Å². The molecule has 4 atom stereocenters. The molecule has 1 aromatic rings. The number of nitrogens with one attached hydrogen (secondary N) is 1. The van der Waals surface area contributed by atoms with Crippen LogP contribution in [0.5, 0.6) is 0 Å². The van der Waals surface area contributed by atoms with Gasteiger partial charge in [0, 0.05) is 22.6 Å². The van der Waals surface area contributed by atoms with E-state index in [0.717, 1.165) is 5.56 Å². The number of ether oxygens (including phenoxy) is 1. The number of anilines is 1. The number of carboxylic acid groups (broad SMARTS) is 1. The minimum absolute atomic E-state index is 0.334. The van der Waals surface area contributed by atoms with Crippen molar-refractivity contribution in [3.05, 3.63) is 28.8 Å². The predicted molar refractivity (Wildman–Crippen MR) is 74.7 cm³/mol. The summed E-state index contributed by atoms with van der Waals surface area (Å²) in [6.07, 6.45) is 0.640. The van der Waals surface area contributed by atoms with Crippen molar-refractivity contribution < 1.29 is 19.4 Å². The second-order valence-electron chi connectivity index (χ2n) is 5.61. The highest BCUT2D eigenvalue weighted by Gasteiger charge is 2.52. The van der Waals surface area contributed by atoms with Crippen LogP contribution in [0.4, 0.5) is 5.69 Å². The van der Waals surface area contributed by atoms with Crippen LogP contribution in [0.2, 0.25) is 5.02 Å². The first-order chi connectivity index (χ1) is 9.97. The van der Waals surface area contributed by atoms with Gasteiger partial charge in [-0.3, -0.25) is 4.79 Å². The number of halogens is 1. The van der Waals surface area contributed by atoms with Crippen LogP contribution < -0.4 is 10.4 Å². The van der Waals surface area contributed by atoms with Crippen LogP contribution >= 0.6 is 11.6 Å². The summed E-state index contributed by atoms with van der Waals surface area (Å²) in [6.45, 7) is 1.86. The van der Waals surface area contributed by atoms with Crippen molar-refractivity contribution in [1.29, 1.82) is 0 Å². The molecule has 112 valence electrons. The Morgan fingerprint density at radius 2 is 1.95 bits per heavy atom. The van der Waals surface area contributed by atoms with Crippen molar-refractivity contribution >= 4 is 29.2 Å². The van der Waals surface area contributed by atoms with E-state index in [9.17, 15) is 14.7 Å². The Morgan fingerprint density at radius 3 is 2.57 bits per heavy atom. The van der Waals surface area contributed by atoms with Crippen molar-refractivity contribution in [3.8, 4) is 0 Å². The lowest BCUT2D eigenvalue weighted by Gasteiger charge is -2.27. The van der Waals surface area contributed by atoms with Gasteiger partial charge in [0.1, 0.15) is 0 Å².